The van der Waals surface area contributed by atoms with Gasteiger partial charge in [0, 0.05) is 27.0 Å². The van der Waals surface area contributed by atoms with Gasteiger partial charge in [-0.2, -0.15) is 5.26 Å². The number of amides is 1. The van der Waals surface area contributed by atoms with Gasteiger partial charge in [0.1, 0.15) is 11.7 Å². The number of benzene rings is 1. The van der Waals surface area contributed by atoms with E-state index in [1.165, 1.54) is 12.1 Å². The molecule has 0 radical (unpaired) electrons. The molecule has 1 aromatic carbocycles. The molecule has 1 amide bonds. The predicted molar refractivity (Wildman–Crippen MR) is 96.6 cm³/mol. The molecular formula is C19H20FN4O3+. The number of nitrogens with one attached hydrogen (secondary N) is 2. The molecule has 8 heteroatoms. The molecular weight excluding hydrogens is 351 g/mol. The van der Waals surface area contributed by atoms with E-state index >= 15 is 0 Å². The van der Waals surface area contributed by atoms with E-state index in [4.69, 9.17) is 5.26 Å². The maximum absolute atomic E-state index is 14.1. The normalized spacial score (nSPS) is 19.7. The van der Waals surface area contributed by atoms with Crippen molar-refractivity contribution in [2.45, 2.75) is 32.2 Å². The summed E-state index contributed by atoms with van der Waals surface area (Å²) in [5, 5.41) is 11.8. The number of hydrogen-bond acceptors (Lipinski definition) is 4. The Morgan fingerprint density at radius 1 is 1.44 bits per heavy atom. The van der Waals surface area contributed by atoms with E-state index in [9.17, 15) is 18.9 Å². The molecule has 1 saturated heterocycles. The number of nitriles is 1. The molecule has 140 valence electrons. The third-order valence-corrected chi connectivity index (χ3v) is 5.07. The number of nitrogens with zero attached hydrogens (tertiary/aromatic N) is 2. The van der Waals surface area contributed by atoms with Gasteiger partial charge >= 0.3 is 0 Å². The summed E-state index contributed by atoms with van der Waals surface area (Å²) in [7, 11) is 0. The molecule has 0 aliphatic carbocycles. The number of carbonyl (C=O) groups excluding carboxylic acids is 1. The second-order valence-corrected chi connectivity index (χ2v) is 6.86. The Kier molecular flexibility index (Phi) is 5.31. The van der Waals surface area contributed by atoms with Crippen LogP contribution in [0.25, 0.3) is 10.9 Å². The van der Waals surface area contributed by atoms with Crippen LogP contribution in [0, 0.1) is 34.9 Å². The number of fused-ring (bicyclic) bond motifs is 1. The molecule has 2 atom stereocenters. The summed E-state index contributed by atoms with van der Waals surface area (Å²) < 4.78 is 14.9. The Balaban J connectivity index is 1.70. The van der Waals surface area contributed by atoms with Crippen LogP contribution in [0.1, 0.15) is 24.0 Å². The van der Waals surface area contributed by atoms with E-state index in [1.807, 2.05) is 0 Å². The van der Waals surface area contributed by atoms with Crippen LogP contribution in [0.5, 0.6) is 0 Å². The van der Waals surface area contributed by atoms with Gasteiger partial charge < -0.3 is 10.3 Å². The van der Waals surface area contributed by atoms with Crippen LogP contribution < -0.4 is 10.9 Å². The summed E-state index contributed by atoms with van der Waals surface area (Å²) >= 11 is 0. The first-order chi connectivity index (χ1) is 12.9. The molecule has 1 fully saturated rings. The molecule has 27 heavy (non-hydrogen) atoms. The number of aromatic amines is 1. The largest absolute Gasteiger partial charge is 0.349 e. The van der Waals surface area contributed by atoms with Crippen LogP contribution in [0.4, 0.5) is 4.39 Å². The number of aromatic nitrogens is 1. The highest BCUT2D eigenvalue weighted by Crippen LogP contribution is 2.21. The van der Waals surface area contributed by atoms with Gasteiger partial charge in [-0.3, -0.25) is 9.59 Å². The van der Waals surface area contributed by atoms with Crippen molar-refractivity contribution in [3.8, 4) is 6.07 Å². The summed E-state index contributed by atoms with van der Waals surface area (Å²) in [5.74, 6) is -1.14. The third kappa shape index (κ3) is 3.87. The molecule has 7 nitrogen and oxygen atoms in total. The smallest absolute Gasteiger partial charge is 0.252 e. The summed E-state index contributed by atoms with van der Waals surface area (Å²) in [6, 6.07) is 6.12. The summed E-state index contributed by atoms with van der Waals surface area (Å²) in [4.78, 5) is 39.1. The predicted octanol–water partition coefficient (Wildman–Crippen LogP) is 1.72. The van der Waals surface area contributed by atoms with Crippen LogP contribution in [-0.2, 0) is 11.2 Å². The molecule has 0 saturated carbocycles. The van der Waals surface area contributed by atoms with Crippen molar-refractivity contribution >= 4 is 16.8 Å². The third-order valence-electron chi connectivity index (χ3n) is 5.07. The molecule has 1 aliphatic heterocycles. The molecule has 2 unspecified atom stereocenters. The van der Waals surface area contributed by atoms with E-state index in [2.05, 4.69) is 16.4 Å². The van der Waals surface area contributed by atoms with Crippen molar-refractivity contribution in [2.75, 3.05) is 13.1 Å². The zero-order valence-electron chi connectivity index (χ0n) is 14.9. The van der Waals surface area contributed by atoms with Crippen LogP contribution in [0.15, 0.2) is 23.0 Å². The molecule has 1 aromatic heterocycles. The highest BCUT2D eigenvalue weighted by Gasteiger charge is 2.35. The number of hydrogen-bond donors (Lipinski definition) is 2. The zero-order valence-corrected chi connectivity index (χ0v) is 14.9. The minimum absolute atomic E-state index is 0.139. The number of halogens is 1. The molecule has 2 aromatic rings. The Morgan fingerprint density at radius 3 is 2.93 bits per heavy atom. The fourth-order valence-electron chi connectivity index (χ4n) is 3.50. The molecule has 2 heterocycles. The van der Waals surface area contributed by atoms with Crippen LogP contribution in [0.3, 0.4) is 0 Å². The molecule has 0 spiro atoms. The van der Waals surface area contributed by atoms with Crippen molar-refractivity contribution in [3.05, 3.63) is 50.4 Å². The van der Waals surface area contributed by atoms with E-state index in [0.717, 1.165) is 4.76 Å². The summed E-state index contributed by atoms with van der Waals surface area (Å²) in [5.41, 5.74) is 0.595. The van der Waals surface area contributed by atoms with E-state index in [0.29, 0.717) is 29.3 Å². The second-order valence-electron chi connectivity index (χ2n) is 6.86. The molecule has 0 bridgehead atoms. The van der Waals surface area contributed by atoms with Gasteiger partial charge in [-0.25, -0.2) is 4.39 Å². The number of piperidine rings is 1. The van der Waals surface area contributed by atoms with Crippen molar-refractivity contribution in [2.24, 2.45) is 5.92 Å². The Bertz CT molecular complexity index is 1010. The highest BCUT2D eigenvalue weighted by atomic mass is 19.1. The average Bonchev–Trinajstić information content (AvgIpc) is 2.63. The van der Waals surface area contributed by atoms with Gasteiger partial charge in [-0.05, 0) is 31.0 Å². The highest BCUT2D eigenvalue weighted by molar-refractivity contribution is 5.86. The van der Waals surface area contributed by atoms with Gasteiger partial charge in [-0.15, -0.1) is 0 Å². The number of carbonyl (C=O) groups is 1. The van der Waals surface area contributed by atoms with Crippen molar-refractivity contribution in [1.29, 1.82) is 5.26 Å². The van der Waals surface area contributed by atoms with E-state index < -0.39 is 17.3 Å². The van der Waals surface area contributed by atoms with Gasteiger partial charge in [-0.1, -0.05) is 6.07 Å². The van der Waals surface area contributed by atoms with Crippen LogP contribution in [0.2, 0.25) is 0 Å². The van der Waals surface area contributed by atoms with Crippen molar-refractivity contribution in [3.63, 3.8) is 0 Å². The Labute approximate surface area is 154 Å². The van der Waals surface area contributed by atoms with Crippen molar-refractivity contribution < 1.29 is 13.9 Å². The molecule has 3 rings (SSSR count). The zero-order chi connectivity index (χ0) is 19.6. The molecule has 2 N–H and O–H groups in total. The lowest BCUT2D eigenvalue weighted by atomic mass is 9.95. The lowest BCUT2D eigenvalue weighted by Crippen LogP contribution is -2.43. The van der Waals surface area contributed by atoms with E-state index in [-0.39, 0.29) is 37.0 Å². The Morgan fingerprint density at radius 2 is 2.22 bits per heavy atom. The monoisotopic (exact) mass is 371 g/mol. The lowest BCUT2D eigenvalue weighted by molar-refractivity contribution is -0.598. The van der Waals surface area contributed by atoms with Gasteiger partial charge in [0.2, 0.25) is 18.5 Å². The second kappa shape index (κ2) is 7.66. The van der Waals surface area contributed by atoms with Gasteiger partial charge in [0.15, 0.2) is 0 Å². The first kappa shape index (κ1) is 18.7. The SMILES string of the molecule is Cc1c(CC(=O)NCC2CCC(C#N)C[N+]2=O)c(=O)[nH]c2cccc(F)c12. The minimum atomic E-state index is -0.459. The van der Waals surface area contributed by atoms with Crippen LogP contribution >= 0.6 is 0 Å². The summed E-state index contributed by atoms with van der Waals surface area (Å²) in [6.07, 6.45) is 0.957. The number of pyridine rings is 1. The number of H-pyrrole nitrogens is 1. The maximum atomic E-state index is 14.1. The number of nitroso groups, excluding NO2 is 1. The van der Waals surface area contributed by atoms with Gasteiger partial charge in [0.25, 0.3) is 5.56 Å². The average molecular weight is 371 g/mol. The lowest BCUT2D eigenvalue weighted by Gasteiger charge is -2.18. The van der Waals surface area contributed by atoms with Gasteiger partial charge in [0.05, 0.1) is 24.6 Å². The topological polar surface area (TPSA) is 106 Å². The number of aryl methyl sites for hydroxylation is 1. The standard InChI is InChI=1S/C19H19FN4O3/c1-11-14(19(26)23-16-4-2-3-15(20)18(11)16)7-17(25)22-9-13-6-5-12(8-21)10-24(13)27/h2-4,12-13H,5-7,9-10H2,1H3,(H-,22,23,25,26)/p+1. The Hall–Kier alpha value is -3.08. The quantitative estimate of drug-likeness (QED) is 0.798. The summed E-state index contributed by atoms with van der Waals surface area (Å²) in [6.45, 7) is 1.91. The maximum Gasteiger partial charge on any atom is 0.252 e. The first-order valence-corrected chi connectivity index (χ1v) is 8.80. The fourth-order valence-corrected chi connectivity index (χ4v) is 3.50. The fraction of sp³-hybridized carbons (Fsp3) is 0.421. The van der Waals surface area contributed by atoms with E-state index in [1.54, 1.807) is 13.0 Å². The van der Waals surface area contributed by atoms with Crippen molar-refractivity contribution in [1.82, 2.24) is 10.3 Å². The minimum Gasteiger partial charge on any atom is -0.349 e. The van der Waals surface area contributed by atoms with Crippen LogP contribution in [-0.4, -0.2) is 34.8 Å². The molecule has 1 aliphatic rings. The first-order valence-electron chi connectivity index (χ1n) is 8.80. The number of rotatable bonds is 4.